The van der Waals surface area contributed by atoms with Crippen LogP contribution in [0.2, 0.25) is 5.02 Å². The van der Waals surface area contributed by atoms with Crippen molar-refractivity contribution < 1.29 is 0 Å². The Bertz CT molecular complexity index is 506. The van der Waals surface area contributed by atoms with Gasteiger partial charge in [0.1, 0.15) is 5.52 Å². The Hall–Kier alpha value is -1.15. The van der Waals surface area contributed by atoms with Crippen LogP contribution in [-0.2, 0) is 0 Å². The van der Waals surface area contributed by atoms with Gasteiger partial charge in [0.15, 0.2) is 0 Å². The Morgan fingerprint density at radius 3 is 2.67 bits per heavy atom. The quantitative estimate of drug-likeness (QED) is 0.732. The van der Waals surface area contributed by atoms with E-state index in [9.17, 15) is 0 Å². The highest BCUT2D eigenvalue weighted by atomic mass is 35.5. The van der Waals surface area contributed by atoms with Crippen molar-refractivity contribution >= 4 is 22.6 Å². The second-order valence-corrected chi connectivity index (χ2v) is 4.44. The van der Waals surface area contributed by atoms with E-state index in [2.05, 4.69) is 29.9 Å². The smallest absolute Gasteiger partial charge is 0.108 e. The van der Waals surface area contributed by atoms with E-state index in [1.165, 1.54) is 5.56 Å². The van der Waals surface area contributed by atoms with Crippen molar-refractivity contribution in [2.24, 2.45) is 0 Å². The van der Waals surface area contributed by atoms with Gasteiger partial charge in [0.05, 0.1) is 16.2 Å². The van der Waals surface area contributed by atoms with Crippen LogP contribution >= 0.6 is 11.6 Å². The molecule has 0 aliphatic heterocycles. The highest BCUT2D eigenvalue weighted by Crippen LogP contribution is 2.26. The van der Waals surface area contributed by atoms with Crippen molar-refractivity contribution in [1.29, 1.82) is 0 Å². The molecule has 0 spiro atoms. The van der Waals surface area contributed by atoms with Crippen molar-refractivity contribution in [3.05, 3.63) is 34.6 Å². The molecule has 0 aliphatic carbocycles. The number of aromatic nitrogens is 2. The standard InChI is InChI=1S/C12H13ClN2/c1-7(2)9-4-10(13)12-11(5-9)14-6-8(3)15-12/h4-7H,1-3H3. The lowest BCUT2D eigenvalue weighted by atomic mass is 10.0. The first-order valence-corrected chi connectivity index (χ1v) is 5.38. The molecule has 0 bridgehead atoms. The molecular formula is C12H13ClN2. The number of rotatable bonds is 1. The molecule has 0 saturated heterocycles. The van der Waals surface area contributed by atoms with E-state index in [0.717, 1.165) is 16.7 Å². The van der Waals surface area contributed by atoms with Crippen molar-refractivity contribution in [1.82, 2.24) is 9.97 Å². The Labute approximate surface area is 94.3 Å². The predicted molar refractivity (Wildman–Crippen MR) is 63.4 cm³/mol. The number of hydrogen-bond acceptors (Lipinski definition) is 2. The maximum absolute atomic E-state index is 6.18. The minimum atomic E-state index is 0.454. The Kier molecular flexibility index (Phi) is 2.61. The number of aryl methyl sites for hydroxylation is 1. The number of halogens is 1. The highest BCUT2D eigenvalue weighted by molar-refractivity contribution is 6.35. The third-order valence-corrected chi connectivity index (χ3v) is 2.70. The lowest BCUT2D eigenvalue weighted by Crippen LogP contribution is -1.92. The molecule has 1 aromatic carbocycles. The van der Waals surface area contributed by atoms with Gasteiger partial charge in [-0.2, -0.15) is 0 Å². The van der Waals surface area contributed by atoms with E-state index < -0.39 is 0 Å². The van der Waals surface area contributed by atoms with Gasteiger partial charge < -0.3 is 0 Å². The first kappa shape index (κ1) is 10.4. The first-order valence-electron chi connectivity index (χ1n) is 5.00. The van der Waals surface area contributed by atoms with E-state index in [4.69, 9.17) is 11.6 Å². The summed E-state index contributed by atoms with van der Waals surface area (Å²) in [6, 6.07) is 4.03. The summed E-state index contributed by atoms with van der Waals surface area (Å²) in [5.41, 5.74) is 3.75. The van der Waals surface area contributed by atoms with Crippen LogP contribution in [0, 0.1) is 6.92 Å². The molecule has 2 aromatic rings. The van der Waals surface area contributed by atoms with Gasteiger partial charge in [-0.05, 0) is 30.5 Å². The summed E-state index contributed by atoms with van der Waals surface area (Å²) in [4.78, 5) is 8.72. The molecule has 0 fully saturated rings. The highest BCUT2D eigenvalue weighted by Gasteiger charge is 2.07. The molecule has 2 rings (SSSR count). The fraction of sp³-hybridized carbons (Fsp3) is 0.333. The molecule has 0 radical (unpaired) electrons. The Morgan fingerprint density at radius 1 is 1.27 bits per heavy atom. The first-order chi connectivity index (χ1) is 7.08. The zero-order chi connectivity index (χ0) is 11.0. The van der Waals surface area contributed by atoms with Gasteiger partial charge in [-0.15, -0.1) is 0 Å². The van der Waals surface area contributed by atoms with E-state index >= 15 is 0 Å². The molecule has 0 N–H and O–H groups in total. The summed E-state index contributed by atoms with van der Waals surface area (Å²) in [5.74, 6) is 0.454. The zero-order valence-corrected chi connectivity index (χ0v) is 9.84. The van der Waals surface area contributed by atoms with Crippen LogP contribution in [0.15, 0.2) is 18.3 Å². The number of hydrogen-bond donors (Lipinski definition) is 0. The van der Waals surface area contributed by atoms with Gasteiger partial charge >= 0.3 is 0 Å². The molecule has 0 saturated carbocycles. The summed E-state index contributed by atoms with van der Waals surface area (Å²) in [5, 5.41) is 0.687. The fourth-order valence-electron chi connectivity index (χ4n) is 1.52. The summed E-state index contributed by atoms with van der Waals surface area (Å²) in [6.07, 6.45) is 1.77. The van der Waals surface area contributed by atoms with Crippen LogP contribution < -0.4 is 0 Å². The SMILES string of the molecule is Cc1cnc2cc(C(C)C)cc(Cl)c2n1. The third kappa shape index (κ3) is 1.95. The van der Waals surface area contributed by atoms with Gasteiger partial charge in [-0.25, -0.2) is 4.98 Å². The molecule has 0 amide bonds. The molecule has 78 valence electrons. The van der Waals surface area contributed by atoms with E-state index in [1.807, 2.05) is 13.0 Å². The second kappa shape index (κ2) is 3.78. The van der Waals surface area contributed by atoms with Crippen LogP contribution in [0.1, 0.15) is 31.0 Å². The molecule has 0 atom stereocenters. The van der Waals surface area contributed by atoms with E-state index in [0.29, 0.717) is 10.9 Å². The largest absolute Gasteiger partial charge is 0.253 e. The molecule has 15 heavy (non-hydrogen) atoms. The summed E-state index contributed by atoms with van der Waals surface area (Å²) in [7, 11) is 0. The maximum Gasteiger partial charge on any atom is 0.108 e. The minimum Gasteiger partial charge on any atom is -0.253 e. The zero-order valence-electron chi connectivity index (χ0n) is 9.08. The van der Waals surface area contributed by atoms with E-state index in [-0.39, 0.29) is 0 Å². The van der Waals surface area contributed by atoms with Crippen molar-refractivity contribution in [3.8, 4) is 0 Å². The van der Waals surface area contributed by atoms with Crippen LogP contribution in [0.5, 0.6) is 0 Å². The minimum absolute atomic E-state index is 0.454. The average molecular weight is 221 g/mol. The van der Waals surface area contributed by atoms with Crippen LogP contribution in [-0.4, -0.2) is 9.97 Å². The molecule has 2 nitrogen and oxygen atoms in total. The van der Waals surface area contributed by atoms with Gasteiger partial charge in [0.2, 0.25) is 0 Å². The average Bonchev–Trinajstić information content (AvgIpc) is 2.18. The fourth-order valence-corrected chi connectivity index (χ4v) is 1.78. The van der Waals surface area contributed by atoms with Crippen LogP contribution in [0.3, 0.4) is 0 Å². The monoisotopic (exact) mass is 220 g/mol. The van der Waals surface area contributed by atoms with Crippen molar-refractivity contribution in [2.45, 2.75) is 26.7 Å². The predicted octanol–water partition coefficient (Wildman–Crippen LogP) is 3.72. The third-order valence-electron chi connectivity index (χ3n) is 2.41. The maximum atomic E-state index is 6.18. The number of nitrogens with zero attached hydrogens (tertiary/aromatic N) is 2. The molecule has 0 aliphatic rings. The Morgan fingerprint density at radius 2 is 2.00 bits per heavy atom. The molecule has 1 heterocycles. The lowest BCUT2D eigenvalue weighted by Gasteiger charge is -2.08. The number of fused-ring (bicyclic) bond motifs is 1. The summed E-state index contributed by atoms with van der Waals surface area (Å²) in [6.45, 7) is 6.19. The van der Waals surface area contributed by atoms with Crippen molar-refractivity contribution in [3.63, 3.8) is 0 Å². The second-order valence-electron chi connectivity index (χ2n) is 4.04. The van der Waals surface area contributed by atoms with Crippen LogP contribution in [0.25, 0.3) is 11.0 Å². The molecule has 1 aromatic heterocycles. The molecular weight excluding hydrogens is 208 g/mol. The van der Waals surface area contributed by atoms with Gasteiger partial charge in [0, 0.05) is 6.20 Å². The molecule has 3 heteroatoms. The topological polar surface area (TPSA) is 25.8 Å². The lowest BCUT2D eigenvalue weighted by molar-refractivity contribution is 0.868. The number of benzene rings is 1. The van der Waals surface area contributed by atoms with Gasteiger partial charge in [0.25, 0.3) is 0 Å². The van der Waals surface area contributed by atoms with Gasteiger partial charge in [-0.1, -0.05) is 25.4 Å². The van der Waals surface area contributed by atoms with Crippen molar-refractivity contribution in [2.75, 3.05) is 0 Å². The van der Waals surface area contributed by atoms with Crippen LogP contribution in [0.4, 0.5) is 0 Å². The normalized spacial score (nSPS) is 11.3. The summed E-state index contributed by atoms with van der Waals surface area (Å²) < 4.78 is 0. The summed E-state index contributed by atoms with van der Waals surface area (Å²) >= 11 is 6.18. The van der Waals surface area contributed by atoms with E-state index in [1.54, 1.807) is 6.20 Å². The molecule has 0 unspecified atom stereocenters. The Balaban J connectivity index is 2.73. The van der Waals surface area contributed by atoms with Gasteiger partial charge in [-0.3, -0.25) is 4.98 Å².